The fraction of sp³-hybridized carbons (Fsp3) is 0.200. The molecule has 0 radical (unpaired) electrons. The van der Waals surface area contributed by atoms with E-state index in [4.69, 9.17) is 21.3 Å². The fourth-order valence-electron chi connectivity index (χ4n) is 2.97. The summed E-state index contributed by atoms with van der Waals surface area (Å²) in [6, 6.07) is 14.1. The van der Waals surface area contributed by atoms with Crippen LogP contribution < -0.4 is 10.5 Å². The average Bonchev–Trinajstić information content (AvgIpc) is 3.41. The summed E-state index contributed by atoms with van der Waals surface area (Å²) < 4.78 is 17.4. The van der Waals surface area contributed by atoms with Crippen molar-refractivity contribution in [3.8, 4) is 11.3 Å². The third-order valence-electron chi connectivity index (χ3n) is 4.58. The van der Waals surface area contributed by atoms with E-state index in [-0.39, 0.29) is 12.3 Å². The van der Waals surface area contributed by atoms with Crippen LogP contribution in [-0.4, -0.2) is 15.3 Å². The predicted molar refractivity (Wildman–Crippen MR) is 108 cm³/mol. The van der Waals surface area contributed by atoms with Gasteiger partial charge in [-0.2, -0.15) is 0 Å². The number of amides is 1. The molecule has 8 heteroatoms. The molecule has 1 aromatic heterocycles. The first kappa shape index (κ1) is 18.9. The maximum absolute atomic E-state index is 12.4. The van der Waals surface area contributed by atoms with Crippen LogP contribution in [0.4, 0.5) is 5.69 Å². The normalized spacial score (nSPS) is 14.6. The molecule has 3 aromatic rings. The zero-order valence-corrected chi connectivity index (χ0v) is 16.4. The van der Waals surface area contributed by atoms with Gasteiger partial charge in [0.1, 0.15) is 22.4 Å². The van der Waals surface area contributed by atoms with Gasteiger partial charge in [-0.1, -0.05) is 35.0 Å². The molecule has 0 saturated heterocycles. The van der Waals surface area contributed by atoms with Crippen LogP contribution in [-0.2, 0) is 22.2 Å². The molecule has 6 nitrogen and oxygen atoms in total. The van der Waals surface area contributed by atoms with E-state index in [9.17, 15) is 9.00 Å². The number of benzene rings is 2. The van der Waals surface area contributed by atoms with Crippen LogP contribution in [0, 0.1) is 0 Å². The summed E-state index contributed by atoms with van der Waals surface area (Å²) in [4.78, 5) is 12.7. The Morgan fingerprint density at radius 3 is 2.75 bits per heavy atom. The number of nitrogens with zero attached hydrogens (tertiary/aromatic N) is 1. The molecule has 0 bridgehead atoms. The largest absolute Gasteiger partial charge is 0.360 e. The summed E-state index contributed by atoms with van der Waals surface area (Å²) in [5.74, 6) is 1.03. The molecule has 1 unspecified atom stereocenters. The van der Waals surface area contributed by atoms with Gasteiger partial charge in [0.2, 0.25) is 5.91 Å². The van der Waals surface area contributed by atoms with E-state index in [1.165, 1.54) is 0 Å². The quantitative estimate of drug-likeness (QED) is 0.634. The van der Waals surface area contributed by atoms with Crippen LogP contribution in [0.2, 0.25) is 5.02 Å². The van der Waals surface area contributed by atoms with Crippen molar-refractivity contribution in [2.24, 2.45) is 5.14 Å². The van der Waals surface area contributed by atoms with E-state index in [2.05, 4.69) is 10.5 Å². The minimum absolute atomic E-state index is 0.135. The Labute approximate surface area is 169 Å². The van der Waals surface area contributed by atoms with Gasteiger partial charge in [-0.15, -0.1) is 0 Å². The van der Waals surface area contributed by atoms with Gasteiger partial charge < -0.3 is 9.84 Å². The first-order chi connectivity index (χ1) is 13.5. The van der Waals surface area contributed by atoms with Gasteiger partial charge in [-0.3, -0.25) is 4.79 Å². The van der Waals surface area contributed by atoms with Gasteiger partial charge >= 0.3 is 0 Å². The fourth-order valence-corrected chi connectivity index (χ4v) is 3.81. The molecule has 4 rings (SSSR count). The number of hydrogen-bond donors (Lipinski definition) is 2. The number of anilines is 1. The van der Waals surface area contributed by atoms with Crippen LogP contribution in [0.1, 0.15) is 30.1 Å². The lowest BCUT2D eigenvalue weighted by Gasteiger charge is -2.10. The molecule has 1 amide bonds. The van der Waals surface area contributed by atoms with Crippen molar-refractivity contribution >= 4 is 34.2 Å². The van der Waals surface area contributed by atoms with Crippen molar-refractivity contribution in [2.75, 3.05) is 5.32 Å². The standard InChI is InChI=1S/C20H18ClN3O3S/c21-16-4-2-1-3-13(16)9-20(25)23-14-7-8-15(19(10-14)28(22)26)17-11-18(27-24-17)12-5-6-12/h1-4,7-8,10-12H,5-6,9,22H2,(H,23,25). The van der Waals surface area contributed by atoms with E-state index in [1.807, 2.05) is 18.2 Å². The van der Waals surface area contributed by atoms with Crippen LogP contribution >= 0.6 is 11.6 Å². The molecule has 0 aliphatic heterocycles. The number of nitrogens with one attached hydrogen (secondary N) is 1. The van der Waals surface area contributed by atoms with E-state index >= 15 is 0 Å². The van der Waals surface area contributed by atoms with Gasteiger partial charge in [0.05, 0.1) is 11.3 Å². The van der Waals surface area contributed by atoms with Crippen molar-refractivity contribution in [3.05, 3.63) is 64.9 Å². The lowest BCUT2D eigenvalue weighted by atomic mass is 10.1. The molecule has 1 fully saturated rings. The smallest absolute Gasteiger partial charge is 0.228 e. The summed E-state index contributed by atoms with van der Waals surface area (Å²) in [7, 11) is -1.75. The maximum Gasteiger partial charge on any atom is 0.228 e. The molecule has 0 spiro atoms. The highest BCUT2D eigenvalue weighted by Crippen LogP contribution is 2.41. The number of rotatable bonds is 6. The lowest BCUT2D eigenvalue weighted by molar-refractivity contribution is -0.115. The summed E-state index contributed by atoms with van der Waals surface area (Å²) in [5.41, 5.74) is 2.45. The maximum atomic E-state index is 12.4. The van der Waals surface area contributed by atoms with Gasteiger partial charge in [0.15, 0.2) is 0 Å². The highest BCUT2D eigenvalue weighted by atomic mass is 35.5. The molecule has 1 atom stereocenters. The Morgan fingerprint density at radius 2 is 2.04 bits per heavy atom. The third-order valence-corrected chi connectivity index (χ3v) is 5.71. The number of aromatic nitrogens is 1. The van der Waals surface area contributed by atoms with E-state index < -0.39 is 11.0 Å². The molecule has 3 N–H and O–H groups in total. The van der Waals surface area contributed by atoms with Crippen molar-refractivity contribution in [1.29, 1.82) is 0 Å². The Balaban J connectivity index is 1.55. The van der Waals surface area contributed by atoms with E-state index in [1.54, 1.807) is 30.3 Å². The zero-order valence-electron chi connectivity index (χ0n) is 14.9. The second-order valence-electron chi connectivity index (χ2n) is 6.71. The topological polar surface area (TPSA) is 98.2 Å². The summed E-state index contributed by atoms with van der Waals surface area (Å²) >= 11 is 6.10. The molecule has 1 aliphatic carbocycles. The molecular weight excluding hydrogens is 398 g/mol. The Morgan fingerprint density at radius 1 is 1.25 bits per heavy atom. The minimum Gasteiger partial charge on any atom is -0.360 e. The van der Waals surface area contributed by atoms with Crippen LogP contribution in [0.15, 0.2) is 57.9 Å². The first-order valence-corrected chi connectivity index (χ1v) is 10.4. The number of carbonyl (C=O) groups is 1. The Bertz CT molecular complexity index is 1060. The first-order valence-electron chi connectivity index (χ1n) is 8.81. The van der Waals surface area contributed by atoms with E-state index in [0.717, 1.165) is 24.2 Å². The van der Waals surface area contributed by atoms with E-state index in [0.29, 0.717) is 32.8 Å². The summed E-state index contributed by atoms with van der Waals surface area (Å²) in [5, 5.41) is 13.1. The predicted octanol–water partition coefficient (Wildman–Crippen LogP) is 4.03. The molecule has 2 aromatic carbocycles. The Hall–Kier alpha value is -2.48. The molecule has 1 heterocycles. The second kappa shape index (κ2) is 7.87. The Kier molecular flexibility index (Phi) is 5.30. The molecule has 28 heavy (non-hydrogen) atoms. The van der Waals surface area contributed by atoms with Crippen molar-refractivity contribution in [3.63, 3.8) is 0 Å². The van der Waals surface area contributed by atoms with Gasteiger partial charge in [0.25, 0.3) is 0 Å². The number of carbonyl (C=O) groups excluding carboxylic acids is 1. The molecule has 1 aliphatic rings. The highest BCUT2D eigenvalue weighted by Gasteiger charge is 2.28. The molecule has 1 saturated carbocycles. The summed E-state index contributed by atoms with van der Waals surface area (Å²) in [6.45, 7) is 0. The SMILES string of the molecule is NS(=O)c1cc(NC(=O)Cc2ccccc2Cl)ccc1-c1cc(C2CC2)on1. The monoisotopic (exact) mass is 415 g/mol. The second-order valence-corrected chi connectivity index (χ2v) is 8.16. The number of halogens is 1. The van der Waals surface area contributed by atoms with Crippen molar-refractivity contribution in [2.45, 2.75) is 30.1 Å². The molecule has 144 valence electrons. The summed E-state index contributed by atoms with van der Waals surface area (Å²) in [6.07, 6.45) is 2.33. The van der Waals surface area contributed by atoms with Crippen LogP contribution in [0.3, 0.4) is 0 Å². The zero-order chi connectivity index (χ0) is 19.7. The van der Waals surface area contributed by atoms with Crippen molar-refractivity contribution in [1.82, 2.24) is 5.16 Å². The van der Waals surface area contributed by atoms with Crippen LogP contribution in [0.5, 0.6) is 0 Å². The van der Waals surface area contributed by atoms with Gasteiger partial charge in [0, 0.05) is 28.3 Å². The third kappa shape index (κ3) is 4.16. The van der Waals surface area contributed by atoms with Gasteiger partial charge in [-0.05, 0) is 42.7 Å². The van der Waals surface area contributed by atoms with Crippen LogP contribution in [0.25, 0.3) is 11.3 Å². The number of nitrogens with two attached hydrogens (primary N) is 1. The van der Waals surface area contributed by atoms with Gasteiger partial charge in [-0.25, -0.2) is 9.35 Å². The average molecular weight is 416 g/mol. The minimum atomic E-state index is -1.75. The van der Waals surface area contributed by atoms with Crippen molar-refractivity contribution < 1.29 is 13.5 Å². The number of hydrogen-bond acceptors (Lipinski definition) is 4. The highest BCUT2D eigenvalue weighted by molar-refractivity contribution is 7.82. The molecular formula is C20H18ClN3O3S. The lowest BCUT2D eigenvalue weighted by Crippen LogP contribution is -2.15.